The largest absolute Gasteiger partial charge is 0.368 e. The number of halogens is 2. The smallest absolute Gasteiger partial charge is 0.269 e. The summed E-state index contributed by atoms with van der Waals surface area (Å²) in [7, 11) is 0. The van der Waals surface area contributed by atoms with Crippen molar-refractivity contribution < 1.29 is 9.18 Å². The molecule has 1 saturated heterocycles. The first-order chi connectivity index (χ1) is 13.6. The molecule has 144 valence electrons. The van der Waals surface area contributed by atoms with E-state index in [1.807, 2.05) is 6.07 Å². The zero-order chi connectivity index (χ0) is 19.5. The highest BCUT2D eigenvalue weighted by Crippen LogP contribution is 2.21. The highest BCUT2D eigenvalue weighted by atomic mass is 35.5. The third-order valence-electron chi connectivity index (χ3n) is 4.34. The first kappa shape index (κ1) is 18.6. The van der Waals surface area contributed by atoms with Crippen LogP contribution in [0.1, 0.15) is 9.67 Å². The second-order valence-electron chi connectivity index (χ2n) is 6.12. The minimum absolute atomic E-state index is 0.222. The molecule has 1 aliphatic rings. The number of piperazine rings is 1. The Bertz CT molecular complexity index is 991. The molecule has 7 nitrogen and oxygen atoms in total. The molecule has 3 heterocycles. The van der Waals surface area contributed by atoms with Gasteiger partial charge in [-0.05, 0) is 24.3 Å². The van der Waals surface area contributed by atoms with E-state index >= 15 is 0 Å². The van der Waals surface area contributed by atoms with Gasteiger partial charge >= 0.3 is 0 Å². The van der Waals surface area contributed by atoms with Gasteiger partial charge in [0.2, 0.25) is 5.95 Å². The van der Waals surface area contributed by atoms with Crippen molar-refractivity contribution >= 4 is 46.3 Å². The summed E-state index contributed by atoms with van der Waals surface area (Å²) < 4.78 is 13.7. The molecule has 10 heteroatoms. The maximum atomic E-state index is 13.4. The molecule has 0 bridgehead atoms. The van der Waals surface area contributed by atoms with Crippen LogP contribution in [0, 0.1) is 5.82 Å². The van der Waals surface area contributed by atoms with Crippen LogP contribution in [-0.2, 0) is 0 Å². The average Bonchev–Trinajstić information content (AvgIpc) is 3.15. The number of rotatable bonds is 4. The van der Waals surface area contributed by atoms with Crippen LogP contribution in [-0.4, -0.2) is 47.0 Å². The zero-order valence-corrected chi connectivity index (χ0v) is 16.3. The lowest BCUT2D eigenvalue weighted by Crippen LogP contribution is -2.46. The van der Waals surface area contributed by atoms with E-state index in [9.17, 15) is 9.18 Å². The third kappa shape index (κ3) is 4.20. The molecule has 28 heavy (non-hydrogen) atoms. The second kappa shape index (κ2) is 8.07. The lowest BCUT2D eigenvalue weighted by molar-refractivity contribution is 0.102. The molecule has 0 atom stereocenters. The maximum Gasteiger partial charge on any atom is 0.269 e. The molecule has 3 aromatic rings. The number of nitrogens with zero attached hydrogens (tertiary/aromatic N) is 5. The predicted octanol–water partition coefficient (Wildman–Crippen LogP) is 3.30. The van der Waals surface area contributed by atoms with Gasteiger partial charge in [-0.3, -0.25) is 10.1 Å². The molecule has 1 N–H and O–H groups in total. The van der Waals surface area contributed by atoms with Gasteiger partial charge in [-0.2, -0.15) is 4.98 Å². The number of nitrogens with one attached hydrogen (secondary N) is 1. The van der Waals surface area contributed by atoms with Crippen molar-refractivity contribution in [3.05, 3.63) is 57.9 Å². The average molecular weight is 419 g/mol. The van der Waals surface area contributed by atoms with Crippen molar-refractivity contribution in [3.63, 3.8) is 0 Å². The lowest BCUT2D eigenvalue weighted by atomic mass is 10.2. The number of hydrogen-bond acceptors (Lipinski definition) is 7. The van der Waals surface area contributed by atoms with Crippen LogP contribution in [0.15, 0.2) is 42.7 Å². The van der Waals surface area contributed by atoms with Gasteiger partial charge in [-0.25, -0.2) is 14.4 Å². The molecule has 1 aromatic carbocycles. The van der Waals surface area contributed by atoms with Gasteiger partial charge in [0.1, 0.15) is 16.5 Å². The molecule has 1 aliphatic heterocycles. The van der Waals surface area contributed by atoms with E-state index < -0.39 is 0 Å². The van der Waals surface area contributed by atoms with Crippen molar-refractivity contribution in [2.75, 3.05) is 41.3 Å². The van der Waals surface area contributed by atoms with Crippen LogP contribution < -0.4 is 15.1 Å². The molecule has 0 radical (unpaired) electrons. The van der Waals surface area contributed by atoms with E-state index in [-0.39, 0.29) is 17.7 Å². The summed E-state index contributed by atoms with van der Waals surface area (Å²) in [5.41, 5.74) is 0.874. The van der Waals surface area contributed by atoms with Crippen molar-refractivity contribution in [2.45, 2.75) is 0 Å². The number of hydrogen-bond donors (Lipinski definition) is 1. The van der Waals surface area contributed by atoms with Crippen molar-refractivity contribution in [1.29, 1.82) is 0 Å². The van der Waals surface area contributed by atoms with Crippen molar-refractivity contribution in [2.24, 2.45) is 0 Å². The summed E-state index contributed by atoms with van der Waals surface area (Å²) >= 11 is 6.85. The Morgan fingerprint density at radius 2 is 1.93 bits per heavy atom. The van der Waals surface area contributed by atoms with E-state index in [0.717, 1.165) is 49.0 Å². The fraction of sp³-hybridized carbons (Fsp3) is 0.222. The summed E-state index contributed by atoms with van der Waals surface area (Å²) in [5.74, 6) is 0.363. The Balaban J connectivity index is 1.40. The standard InChI is InChI=1S/C18H16ClFN6OS/c19-17-22-11-14(28-17)16(27)24-18-21-5-4-15(23-18)26-8-6-25(7-9-26)13-3-1-2-12(20)10-13/h1-5,10-11H,6-9H2,(H,21,23,24,27). The fourth-order valence-corrected chi connectivity index (χ4v) is 3.81. The molecule has 1 fully saturated rings. The number of amides is 1. The van der Waals surface area contributed by atoms with E-state index in [4.69, 9.17) is 11.6 Å². The second-order valence-corrected chi connectivity index (χ2v) is 7.74. The minimum Gasteiger partial charge on any atom is -0.368 e. The van der Waals surface area contributed by atoms with Gasteiger partial charge in [0, 0.05) is 38.1 Å². The molecular formula is C18H16ClFN6OS. The molecule has 4 rings (SSSR count). The summed E-state index contributed by atoms with van der Waals surface area (Å²) in [4.78, 5) is 29.2. The van der Waals surface area contributed by atoms with Gasteiger partial charge in [-0.1, -0.05) is 29.0 Å². The van der Waals surface area contributed by atoms with Gasteiger partial charge in [0.05, 0.1) is 6.20 Å². The van der Waals surface area contributed by atoms with Crippen LogP contribution in [0.4, 0.5) is 21.8 Å². The summed E-state index contributed by atoms with van der Waals surface area (Å²) in [6, 6.07) is 8.41. The molecule has 0 unspecified atom stereocenters. The molecular weight excluding hydrogens is 403 g/mol. The highest BCUT2D eigenvalue weighted by molar-refractivity contribution is 7.17. The van der Waals surface area contributed by atoms with Crippen LogP contribution in [0.2, 0.25) is 4.47 Å². The lowest BCUT2D eigenvalue weighted by Gasteiger charge is -2.36. The Morgan fingerprint density at radius 3 is 2.64 bits per heavy atom. The molecule has 1 amide bonds. The Hall–Kier alpha value is -2.78. The molecule has 2 aromatic heterocycles. The van der Waals surface area contributed by atoms with Gasteiger partial charge < -0.3 is 9.80 Å². The van der Waals surface area contributed by atoms with Gasteiger partial charge in [0.15, 0.2) is 4.47 Å². The number of carbonyl (C=O) groups excluding carboxylic acids is 1. The maximum absolute atomic E-state index is 13.4. The van der Waals surface area contributed by atoms with Crippen LogP contribution in [0.3, 0.4) is 0 Å². The van der Waals surface area contributed by atoms with E-state index in [1.54, 1.807) is 24.4 Å². The highest BCUT2D eigenvalue weighted by Gasteiger charge is 2.19. The predicted molar refractivity (Wildman–Crippen MR) is 108 cm³/mol. The number of thiazole rings is 1. The minimum atomic E-state index is -0.350. The number of anilines is 3. The van der Waals surface area contributed by atoms with Gasteiger partial charge in [0.25, 0.3) is 5.91 Å². The Kier molecular flexibility index (Phi) is 5.36. The zero-order valence-electron chi connectivity index (χ0n) is 14.7. The summed E-state index contributed by atoms with van der Waals surface area (Å²) in [5, 5.41) is 2.66. The Labute approximate surface area is 169 Å². The molecule has 0 aliphatic carbocycles. The SMILES string of the molecule is O=C(Nc1nccc(N2CCN(c3cccc(F)c3)CC2)n1)c1cnc(Cl)s1. The monoisotopic (exact) mass is 418 g/mol. The van der Waals surface area contributed by atoms with Crippen molar-refractivity contribution in [1.82, 2.24) is 15.0 Å². The molecule has 0 spiro atoms. The normalized spacial score (nSPS) is 14.2. The summed E-state index contributed by atoms with van der Waals surface area (Å²) in [6.45, 7) is 2.94. The summed E-state index contributed by atoms with van der Waals surface area (Å²) in [6.07, 6.45) is 3.02. The number of carbonyl (C=O) groups is 1. The van der Waals surface area contributed by atoms with Gasteiger partial charge in [-0.15, -0.1) is 0 Å². The topological polar surface area (TPSA) is 74.2 Å². The van der Waals surface area contributed by atoms with Crippen LogP contribution in [0.25, 0.3) is 0 Å². The first-order valence-corrected chi connectivity index (χ1v) is 9.79. The third-order valence-corrected chi connectivity index (χ3v) is 5.46. The quantitative estimate of drug-likeness (QED) is 0.700. The first-order valence-electron chi connectivity index (χ1n) is 8.60. The van der Waals surface area contributed by atoms with Crippen molar-refractivity contribution in [3.8, 4) is 0 Å². The fourth-order valence-electron chi connectivity index (χ4n) is 2.97. The number of benzene rings is 1. The van der Waals surface area contributed by atoms with Crippen LogP contribution in [0.5, 0.6) is 0 Å². The van der Waals surface area contributed by atoms with Crippen LogP contribution >= 0.6 is 22.9 Å². The molecule has 0 saturated carbocycles. The van der Waals surface area contributed by atoms with E-state index in [2.05, 4.69) is 30.1 Å². The van der Waals surface area contributed by atoms with E-state index in [0.29, 0.717) is 9.34 Å². The van der Waals surface area contributed by atoms with E-state index in [1.165, 1.54) is 12.3 Å². The number of aromatic nitrogens is 3. The Morgan fingerprint density at radius 1 is 1.14 bits per heavy atom.